The Morgan fingerprint density at radius 1 is 1.40 bits per heavy atom. The van der Waals surface area contributed by atoms with Gasteiger partial charge in [0, 0.05) is 12.0 Å². The van der Waals surface area contributed by atoms with Crippen molar-refractivity contribution in [3.63, 3.8) is 0 Å². The third-order valence-electron chi connectivity index (χ3n) is 4.93. The van der Waals surface area contributed by atoms with Gasteiger partial charge in [0.25, 0.3) is 0 Å². The van der Waals surface area contributed by atoms with Crippen molar-refractivity contribution in [3.8, 4) is 0 Å². The zero-order valence-corrected chi connectivity index (χ0v) is 9.59. The fourth-order valence-electron chi connectivity index (χ4n) is 3.71. The number of hydrogen-bond acceptors (Lipinski definition) is 1. The van der Waals surface area contributed by atoms with Crippen LogP contribution in [0.1, 0.15) is 37.0 Å². The van der Waals surface area contributed by atoms with Gasteiger partial charge in [0.05, 0.1) is 0 Å². The Morgan fingerprint density at radius 2 is 2.20 bits per heavy atom. The van der Waals surface area contributed by atoms with E-state index >= 15 is 0 Å². The molecule has 3 unspecified atom stereocenters. The van der Waals surface area contributed by atoms with E-state index < -0.39 is 0 Å². The molecule has 1 heteroatoms. The Bertz CT molecular complexity index is 410. The molecule has 15 heavy (non-hydrogen) atoms. The van der Waals surface area contributed by atoms with Gasteiger partial charge in [0.15, 0.2) is 0 Å². The van der Waals surface area contributed by atoms with E-state index in [9.17, 15) is 0 Å². The van der Waals surface area contributed by atoms with E-state index in [-0.39, 0.29) is 0 Å². The van der Waals surface area contributed by atoms with Crippen LogP contribution >= 0.6 is 0 Å². The lowest BCUT2D eigenvalue weighted by Gasteiger charge is -2.60. The molecule has 1 nitrogen and oxygen atoms in total. The van der Waals surface area contributed by atoms with E-state index in [1.54, 1.807) is 11.1 Å². The van der Waals surface area contributed by atoms with Crippen LogP contribution in [0.3, 0.4) is 0 Å². The highest BCUT2D eigenvalue weighted by Gasteiger charge is 2.56. The first kappa shape index (κ1) is 9.41. The fraction of sp³-hybridized carbons (Fsp3) is 0.571. The maximum absolute atomic E-state index is 5.76. The lowest BCUT2D eigenvalue weighted by Crippen LogP contribution is -2.56. The molecule has 2 aliphatic carbocycles. The van der Waals surface area contributed by atoms with Gasteiger partial charge < -0.3 is 5.73 Å². The van der Waals surface area contributed by atoms with Crippen molar-refractivity contribution in [3.05, 3.63) is 34.9 Å². The average Bonchev–Trinajstić information content (AvgIpc) is 2.24. The third kappa shape index (κ3) is 0.971. The van der Waals surface area contributed by atoms with Crippen LogP contribution < -0.4 is 5.73 Å². The molecule has 1 fully saturated rings. The SMILES string of the molecule is CC1CC2(Cc3c(CN)cccc32)C1C. The molecule has 0 aromatic heterocycles. The quantitative estimate of drug-likeness (QED) is 0.742. The Morgan fingerprint density at radius 3 is 2.80 bits per heavy atom. The van der Waals surface area contributed by atoms with Crippen molar-refractivity contribution in [1.29, 1.82) is 0 Å². The molecule has 0 aliphatic heterocycles. The second-order valence-corrected chi connectivity index (χ2v) is 5.45. The Labute approximate surface area is 91.7 Å². The van der Waals surface area contributed by atoms with Crippen LogP contribution in [0, 0.1) is 11.8 Å². The molecule has 1 spiro atoms. The van der Waals surface area contributed by atoms with Gasteiger partial charge in [-0.2, -0.15) is 0 Å². The minimum absolute atomic E-state index is 0.542. The molecule has 2 aliphatic rings. The summed E-state index contributed by atoms with van der Waals surface area (Å²) >= 11 is 0. The zero-order chi connectivity index (χ0) is 10.6. The minimum atomic E-state index is 0.542. The Hall–Kier alpha value is -0.820. The molecular weight excluding hydrogens is 182 g/mol. The lowest BCUT2D eigenvalue weighted by atomic mass is 9.44. The Balaban J connectivity index is 2.01. The summed E-state index contributed by atoms with van der Waals surface area (Å²) in [5.74, 6) is 1.76. The van der Waals surface area contributed by atoms with E-state index in [1.165, 1.54) is 18.4 Å². The lowest BCUT2D eigenvalue weighted by molar-refractivity contribution is 0.0355. The molecule has 0 radical (unpaired) electrons. The summed E-state index contributed by atoms with van der Waals surface area (Å²) < 4.78 is 0. The topological polar surface area (TPSA) is 26.0 Å². The van der Waals surface area contributed by atoms with Crippen molar-refractivity contribution in [2.75, 3.05) is 0 Å². The molecule has 1 saturated carbocycles. The summed E-state index contributed by atoms with van der Waals surface area (Å²) in [7, 11) is 0. The van der Waals surface area contributed by atoms with Crippen molar-refractivity contribution in [2.45, 2.75) is 38.6 Å². The van der Waals surface area contributed by atoms with E-state index in [0.29, 0.717) is 12.0 Å². The predicted octanol–water partition coefficient (Wildman–Crippen LogP) is 2.62. The first-order chi connectivity index (χ1) is 7.19. The second-order valence-electron chi connectivity index (χ2n) is 5.45. The van der Waals surface area contributed by atoms with Gasteiger partial charge in [-0.3, -0.25) is 0 Å². The van der Waals surface area contributed by atoms with E-state index in [1.807, 2.05) is 0 Å². The average molecular weight is 201 g/mol. The van der Waals surface area contributed by atoms with Gasteiger partial charge in [-0.25, -0.2) is 0 Å². The molecule has 0 saturated heterocycles. The summed E-state index contributed by atoms with van der Waals surface area (Å²) in [5, 5.41) is 0. The number of nitrogens with two attached hydrogens (primary N) is 1. The van der Waals surface area contributed by atoms with Crippen molar-refractivity contribution in [1.82, 2.24) is 0 Å². The standard InChI is InChI=1S/C14H19N/c1-9-6-14(10(9)2)7-12-11(8-15)4-3-5-13(12)14/h3-5,9-10H,6-8,15H2,1-2H3. The van der Waals surface area contributed by atoms with E-state index in [4.69, 9.17) is 5.73 Å². The molecule has 80 valence electrons. The van der Waals surface area contributed by atoms with Crippen LogP contribution in [-0.4, -0.2) is 0 Å². The van der Waals surface area contributed by atoms with Gasteiger partial charge >= 0.3 is 0 Å². The predicted molar refractivity (Wildman–Crippen MR) is 62.7 cm³/mol. The highest BCUT2D eigenvalue weighted by Crippen LogP contribution is 2.61. The first-order valence-corrected chi connectivity index (χ1v) is 6.00. The smallest absolute Gasteiger partial charge is 0.0180 e. The monoisotopic (exact) mass is 201 g/mol. The summed E-state index contributed by atoms with van der Waals surface area (Å²) in [4.78, 5) is 0. The van der Waals surface area contributed by atoms with Crippen LogP contribution in [0.15, 0.2) is 18.2 Å². The van der Waals surface area contributed by atoms with E-state index in [0.717, 1.165) is 11.8 Å². The molecule has 0 bridgehead atoms. The van der Waals surface area contributed by atoms with Crippen molar-refractivity contribution in [2.24, 2.45) is 17.6 Å². The van der Waals surface area contributed by atoms with Gasteiger partial charge in [0.1, 0.15) is 0 Å². The number of hydrogen-bond donors (Lipinski definition) is 1. The first-order valence-electron chi connectivity index (χ1n) is 6.00. The van der Waals surface area contributed by atoms with Crippen molar-refractivity contribution < 1.29 is 0 Å². The molecule has 3 rings (SSSR count). The van der Waals surface area contributed by atoms with Crippen LogP contribution in [0.2, 0.25) is 0 Å². The number of rotatable bonds is 1. The van der Waals surface area contributed by atoms with Crippen LogP contribution in [0.4, 0.5) is 0 Å². The van der Waals surface area contributed by atoms with Gasteiger partial charge in [-0.1, -0.05) is 32.0 Å². The molecule has 1 aromatic rings. The summed E-state index contributed by atoms with van der Waals surface area (Å²) in [6, 6.07) is 6.68. The largest absolute Gasteiger partial charge is 0.326 e. The number of benzene rings is 1. The van der Waals surface area contributed by atoms with Crippen LogP contribution in [-0.2, 0) is 18.4 Å². The highest BCUT2D eigenvalue weighted by molar-refractivity contribution is 5.52. The van der Waals surface area contributed by atoms with Crippen LogP contribution in [0.5, 0.6) is 0 Å². The Kier molecular flexibility index (Phi) is 1.79. The van der Waals surface area contributed by atoms with Gasteiger partial charge in [0.2, 0.25) is 0 Å². The fourth-order valence-corrected chi connectivity index (χ4v) is 3.71. The zero-order valence-electron chi connectivity index (χ0n) is 9.59. The second kappa shape index (κ2) is 2.85. The maximum Gasteiger partial charge on any atom is 0.0180 e. The normalized spacial score (nSPS) is 37.0. The third-order valence-corrected chi connectivity index (χ3v) is 4.93. The summed E-state index contributed by atoms with van der Waals surface area (Å²) in [5.41, 5.74) is 10.8. The maximum atomic E-state index is 5.76. The molecule has 0 heterocycles. The minimum Gasteiger partial charge on any atom is -0.326 e. The number of fused-ring (bicyclic) bond motifs is 2. The molecule has 0 amide bonds. The van der Waals surface area contributed by atoms with Crippen molar-refractivity contribution >= 4 is 0 Å². The molecule has 1 aromatic carbocycles. The van der Waals surface area contributed by atoms with Gasteiger partial charge in [-0.15, -0.1) is 0 Å². The van der Waals surface area contributed by atoms with Gasteiger partial charge in [-0.05, 0) is 41.4 Å². The van der Waals surface area contributed by atoms with Crippen LogP contribution in [0.25, 0.3) is 0 Å². The molecule has 3 atom stereocenters. The summed E-state index contributed by atoms with van der Waals surface area (Å²) in [6.45, 7) is 5.48. The molecule has 2 N–H and O–H groups in total. The van der Waals surface area contributed by atoms with E-state index in [2.05, 4.69) is 32.0 Å². The summed E-state index contributed by atoms with van der Waals surface area (Å²) in [6.07, 6.45) is 2.66. The molecular formula is C14H19N. The highest BCUT2D eigenvalue weighted by atomic mass is 14.6.